The minimum absolute atomic E-state index is 0.195. The van der Waals surface area contributed by atoms with Crippen molar-refractivity contribution < 1.29 is 18.7 Å². The monoisotopic (exact) mass is 514 g/mol. The third kappa shape index (κ3) is 9.85. The SMILES string of the molecule is [C-]#[N+]c1nc(NNC(=O)Nc2cc(C(=O)OCCCCCCCCCCCC)ccc2Cl)oc1[N+]#[C-]. The summed E-state index contributed by atoms with van der Waals surface area (Å²) in [7, 11) is 0. The van der Waals surface area contributed by atoms with E-state index in [4.69, 9.17) is 33.9 Å². The van der Waals surface area contributed by atoms with Crippen LogP contribution in [0.2, 0.25) is 5.02 Å². The minimum atomic E-state index is -0.736. The molecule has 11 heteroatoms. The Morgan fingerprint density at radius 2 is 1.69 bits per heavy atom. The Morgan fingerprint density at radius 3 is 2.31 bits per heavy atom. The van der Waals surface area contributed by atoms with Crippen LogP contribution in [0.1, 0.15) is 81.5 Å². The van der Waals surface area contributed by atoms with E-state index in [2.05, 4.69) is 37.8 Å². The van der Waals surface area contributed by atoms with Crippen molar-refractivity contribution in [1.29, 1.82) is 0 Å². The summed E-state index contributed by atoms with van der Waals surface area (Å²) < 4.78 is 10.4. The largest absolute Gasteiger partial charge is 0.462 e. The molecule has 0 unspecified atom stereocenters. The highest BCUT2D eigenvalue weighted by Gasteiger charge is 2.17. The molecule has 1 heterocycles. The molecular formula is C25H31ClN6O4. The fraction of sp³-hybridized carbons (Fsp3) is 0.480. The van der Waals surface area contributed by atoms with Gasteiger partial charge in [-0.15, -0.1) is 0 Å². The summed E-state index contributed by atoms with van der Waals surface area (Å²) in [5.74, 6) is -1.01. The van der Waals surface area contributed by atoms with Crippen LogP contribution in [-0.4, -0.2) is 23.6 Å². The molecule has 0 spiro atoms. The van der Waals surface area contributed by atoms with Crippen molar-refractivity contribution in [2.45, 2.75) is 71.1 Å². The lowest BCUT2D eigenvalue weighted by Crippen LogP contribution is -2.33. The Labute approximate surface area is 216 Å². The highest BCUT2D eigenvalue weighted by Crippen LogP contribution is 2.30. The molecule has 0 bridgehead atoms. The summed E-state index contributed by atoms with van der Waals surface area (Å²) in [6.45, 7) is 16.4. The molecule has 192 valence electrons. The van der Waals surface area contributed by atoms with Crippen LogP contribution in [0.3, 0.4) is 0 Å². The number of amides is 2. The van der Waals surface area contributed by atoms with Gasteiger partial charge in [-0.25, -0.2) is 25.3 Å². The summed E-state index contributed by atoms with van der Waals surface area (Å²) in [5.41, 5.74) is 5.05. The molecule has 36 heavy (non-hydrogen) atoms. The zero-order chi connectivity index (χ0) is 26.2. The molecule has 3 N–H and O–H groups in total. The van der Waals surface area contributed by atoms with Crippen molar-refractivity contribution >= 4 is 47.0 Å². The number of carbonyl (C=O) groups is 2. The van der Waals surface area contributed by atoms with E-state index < -0.39 is 12.0 Å². The summed E-state index contributed by atoms with van der Waals surface area (Å²) >= 11 is 6.13. The fourth-order valence-electron chi connectivity index (χ4n) is 3.35. The fourth-order valence-corrected chi connectivity index (χ4v) is 3.52. The molecule has 0 aliphatic heterocycles. The average Bonchev–Trinajstić information content (AvgIpc) is 3.29. The van der Waals surface area contributed by atoms with Crippen molar-refractivity contribution in [1.82, 2.24) is 10.4 Å². The van der Waals surface area contributed by atoms with Crippen LogP contribution in [-0.2, 0) is 4.74 Å². The number of hydrogen-bond donors (Lipinski definition) is 3. The maximum absolute atomic E-state index is 12.4. The van der Waals surface area contributed by atoms with Crippen LogP contribution in [0.5, 0.6) is 0 Å². The van der Waals surface area contributed by atoms with Crippen molar-refractivity contribution in [3.8, 4) is 0 Å². The summed E-state index contributed by atoms with van der Waals surface area (Å²) in [4.78, 5) is 34.4. The Hall–Kier alpha value is -3.76. The lowest BCUT2D eigenvalue weighted by molar-refractivity contribution is 0.0497. The Kier molecular flexibility index (Phi) is 12.7. The van der Waals surface area contributed by atoms with Gasteiger partial charge in [-0.05, 0) is 24.6 Å². The highest BCUT2D eigenvalue weighted by molar-refractivity contribution is 6.33. The van der Waals surface area contributed by atoms with E-state index in [9.17, 15) is 9.59 Å². The predicted octanol–water partition coefficient (Wildman–Crippen LogP) is 7.66. The number of oxazole rings is 1. The van der Waals surface area contributed by atoms with E-state index in [1.807, 2.05) is 0 Å². The lowest BCUT2D eigenvalue weighted by Gasteiger charge is -2.10. The summed E-state index contributed by atoms with van der Waals surface area (Å²) in [6.07, 6.45) is 11.9. The van der Waals surface area contributed by atoms with Crippen LogP contribution in [0.25, 0.3) is 9.69 Å². The molecule has 0 saturated heterocycles. The lowest BCUT2D eigenvalue weighted by atomic mass is 10.1. The number of hydrazine groups is 1. The van der Waals surface area contributed by atoms with Gasteiger partial charge in [0, 0.05) is 0 Å². The smallest absolute Gasteiger partial charge is 0.398 e. The van der Waals surface area contributed by atoms with Gasteiger partial charge >= 0.3 is 29.7 Å². The van der Waals surface area contributed by atoms with Crippen molar-refractivity contribution in [2.75, 3.05) is 17.3 Å². The number of aromatic nitrogens is 1. The second kappa shape index (κ2) is 16.0. The molecule has 2 amide bonds. The van der Waals surface area contributed by atoms with E-state index in [0.717, 1.165) is 19.3 Å². The highest BCUT2D eigenvalue weighted by atomic mass is 35.5. The first-order valence-corrected chi connectivity index (χ1v) is 12.4. The van der Waals surface area contributed by atoms with Gasteiger partial charge in [0.2, 0.25) is 0 Å². The molecule has 10 nitrogen and oxygen atoms in total. The number of ether oxygens (including phenoxy) is 1. The maximum Gasteiger partial charge on any atom is 0.398 e. The molecule has 1 aromatic heterocycles. The molecule has 2 rings (SSSR count). The van der Waals surface area contributed by atoms with E-state index in [1.54, 1.807) is 0 Å². The first-order chi connectivity index (χ1) is 17.5. The zero-order valence-electron chi connectivity index (χ0n) is 20.4. The number of benzene rings is 1. The Morgan fingerprint density at radius 1 is 1.03 bits per heavy atom. The van der Waals surface area contributed by atoms with Crippen molar-refractivity contribution in [3.63, 3.8) is 0 Å². The van der Waals surface area contributed by atoms with Gasteiger partial charge < -0.3 is 19.3 Å². The third-order valence-electron chi connectivity index (χ3n) is 5.26. The molecule has 0 fully saturated rings. The van der Waals surface area contributed by atoms with E-state index in [0.29, 0.717) is 6.61 Å². The molecule has 0 radical (unpaired) electrons. The number of anilines is 2. The first-order valence-electron chi connectivity index (χ1n) is 12.0. The first kappa shape index (κ1) is 28.5. The molecule has 0 aliphatic rings. The van der Waals surface area contributed by atoms with Crippen LogP contribution in [0, 0.1) is 13.1 Å². The van der Waals surface area contributed by atoms with Gasteiger partial charge in [0.05, 0.1) is 29.5 Å². The van der Waals surface area contributed by atoms with Crippen molar-refractivity contribution in [3.05, 3.63) is 51.6 Å². The standard InChI is InChI=1S/C25H31ClN6O4/c1-4-5-6-7-8-9-10-11-12-13-16-35-23(33)18-14-15-19(26)20(17-18)29-24(34)31-32-25-30-21(27-2)22(28-3)36-25/h14-15,17H,4-13,16H2,1H3,(H,30,32)(H2,29,31,34). The van der Waals surface area contributed by atoms with Gasteiger partial charge in [-0.3, -0.25) is 0 Å². The normalized spacial score (nSPS) is 10.2. The van der Waals surface area contributed by atoms with Crippen LogP contribution in [0.15, 0.2) is 22.6 Å². The summed E-state index contributed by atoms with van der Waals surface area (Å²) in [5, 5.41) is 2.71. The second-order valence-corrected chi connectivity index (χ2v) is 8.50. The number of carbonyl (C=O) groups excluding carboxylic acids is 2. The molecule has 1 aromatic carbocycles. The van der Waals surface area contributed by atoms with Crippen LogP contribution >= 0.6 is 11.6 Å². The number of halogens is 1. The molecule has 2 aromatic rings. The number of unbranched alkanes of at least 4 members (excludes halogenated alkanes) is 9. The number of rotatable bonds is 15. The van der Waals surface area contributed by atoms with Gasteiger partial charge in [-0.1, -0.05) is 87.9 Å². The molecule has 0 saturated carbocycles. The molecule has 0 atom stereocenters. The van der Waals surface area contributed by atoms with Gasteiger partial charge in [0.1, 0.15) is 0 Å². The van der Waals surface area contributed by atoms with Gasteiger partial charge in [0.15, 0.2) is 0 Å². The van der Waals surface area contributed by atoms with Crippen LogP contribution < -0.4 is 16.2 Å². The zero-order valence-corrected chi connectivity index (χ0v) is 21.1. The predicted molar refractivity (Wildman–Crippen MR) is 138 cm³/mol. The van der Waals surface area contributed by atoms with Crippen LogP contribution in [0.4, 0.5) is 28.2 Å². The van der Waals surface area contributed by atoms with Gasteiger partial charge in [0.25, 0.3) is 0 Å². The topological polar surface area (TPSA) is 114 Å². The maximum atomic E-state index is 12.4. The number of nitrogens with one attached hydrogen (secondary N) is 3. The number of esters is 1. The number of urea groups is 1. The second-order valence-electron chi connectivity index (χ2n) is 8.09. The third-order valence-corrected chi connectivity index (χ3v) is 5.59. The molecular weight excluding hydrogens is 484 g/mol. The van der Waals surface area contributed by atoms with Gasteiger partial charge in [-0.2, -0.15) is 0 Å². The Bertz CT molecular complexity index is 1060. The van der Waals surface area contributed by atoms with Crippen molar-refractivity contribution in [2.24, 2.45) is 0 Å². The van der Waals surface area contributed by atoms with E-state index in [1.165, 1.54) is 63.1 Å². The number of hydrogen-bond acceptors (Lipinski definition) is 6. The van der Waals surface area contributed by atoms with E-state index in [-0.39, 0.29) is 34.0 Å². The summed E-state index contributed by atoms with van der Waals surface area (Å²) in [6, 6.07) is 3.47. The Balaban J connectivity index is 1.72. The quantitative estimate of drug-likeness (QED) is 0.0972. The molecule has 0 aliphatic carbocycles. The van der Waals surface area contributed by atoms with E-state index >= 15 is 0 Å². The average molecular weight is 515 g/mol. The number of nitrogens with zero attached hydrogens (tertiary/aromatic N) is 3. The minimum Gasteiger partial charge on any atom is -0.462 e.